The molecule has 0 aliphatic carbocycles. The fourth-order valence-corrected chi connectivity index (χ4v) is 0.917. The van der Waals surface area contributed by atoms with Crippen molar-refractivity contribution >= 4 is 29.8 Å². The molecule has 0 saturated carbocycles. The number of aliphatic hydroxyl groups is 3. The van der Waals surface area contributed by atoms with Crippen LogP contribution in [-0.2, 0) is 24.0 Å². The fourth-order valence-electron chi connectivity index (χ4n) is 0.917. The highest BCUT2D eigenvalue weighted by atomic mass is 16.4. The van der Waals surface area contributed by atoms with Gasteiger partial charge in [-0.3, -0.25) is 24.0 Å². The molecule has 35 heavy (non-hydrogen) atoms. The highest BCUT2D eigenvalue weighted by Crippen LogP contribution is 1.90. The van der Waals surface area contributed by atoms with E-state index in [-0.39, 0.29) is 26.1 Å². The number of aliphatic hydroxyl groups excluding tert-OH is 3. The van der Waals surface area contributed by atoms with Crippen LogP contribution in [0.25, 0.3) is 0 Å². The maximum absolute atomic E-state index is 10.4. The minimum Gasteiger partial charge on any atom is -0.480 e. The number of hydrogen-bond acceptors (Lipinski definition) is 13. The van der Waals surface area contributed by atoms with E-state index < -0.39 is 61.2 Å². The molecular weight excluding hydrogens is 482 g/mol. The van der Waals surface area contributed by atoms with Crippen molar-refractivity contribution in [3.63, 3.8) is 0 Å². The average Bonchev–Trinajstić information content (AvgIpc) is 2.81. The van der Waals surface area contributed by atoms with Crippen LogP contribution in [0.4, 0.5) is 0 Å². The van der Waals surface area contributed by atoms with Crippen LogP contribution in [0.1, 0.15) is 19.8 Å². The summed E-state index contributed by atoms with van der Waals surface area (Å²) < 4.78 is 0. The third-order valence-electron chi connectivity index (χ3n) is 2.73. The molecule has 0 saturated heterocycles. The third kappa shape index (κ3) is 45.3. The Morgan fingerprint density at radius 3 is 1.14 bits per heavy atom. The smallest absolute Gasteiger partial charge is 0.322 e. The van der Waals surface area contributed by atoms with Gasteiger partial charge >= 0.3 is 29.8 Å². The van der Waals surface area contributed by atoms with E-state index in [9.17, 15) is 24.0 Å². The first-order valence-corrected chi connectivity index (χ1v) is 9.72. The molecule has 3 atom stereocenters. The molecule has 0 aliphatic rings. The van der Waals surface area contributed by atoms with Gasteiger partial charge in [0.25, 0.3) is 0 Å². The number of carboxylic acid groups (broad SMARTS) is 5. The Morgan fingerprint density at radius 1 is 0.714 bits per heavy atom. The first-order valence-electron chi connectivity index (χ1n) is 9.72. The number of carbonyl (C=O) groups is 5. The summed E-state index contributed by atoms with van der Waals surface area (Å²) in [7, 11) is 0. The SMILES string of the molecule is CCCNC(CCO)C(=O)O.NC(CO)C(=O)O.NC(CO)C(=O)O.NCC(=O)O.NCC(=O)O. The molecule has 0 spiro atoms. The molecule has 0 amide bonds. The summed E-state index contributed by atoms with van der Waals surface area (Å²) in [6.45, 7) is 0.986. The lowest BCUT2D eigenvalue weighted by Crippen LogP contribution is -2.37. The molecule has 17 N–H and O–H groups in total. The van der Waals surface area contributed by atoms with Gasteiger partial charge in [-0.2, -0.15) is 0 Å². The van der Waals surface area contributed by atoms with Crippen molar-refractivity contribution in [2.75, 3.05) is 39.5 Å². The van der Waals surface area contributed by atoms with Crippen LogP contribution in [0, 0.1) is 0 Å². The summed E-state index contributed by atoms with van der Waals surface area (Å²) in [5.41, 5.74) is 18.7. The molecule has 0 fully saturated rings. The molecule has 0 aliphatic heterocycles. The van der Waals surface area contributed by atoms with Gasteiger partial charge in [0.1, 0.15) is 18.1 Å². The molecule has 0 bridgehead atoms. The first-order chi connectivity index (χ1) is 16.1. The molecule has 3 unspecified atom stereocenters. The summed E-state index contributed by atoms with van der Waals surface area (Å²) in [5.74, 6) is -5.19. The van der Waals surface area contributed by atoms with E-state index in [4.69, 9.17) is 52.3 Å². The lowest BCUT2D eigenvalue weighted by Gasteiger charge is -2.11. The molecule has 210 valence electrons. The monoisotopic (exact) mass is 521 g/mol. The van der Waals surface area contributed by atoms with Gasteiger partial charge in [-0.15, -0.1) is 0 Å². The van der Waals surface area contributed by atoms with E-state index in [2.05, 4.69) is 16.8 Å². The highest BCUT2D eigenvalue weighted by molar-refractivity contribution is 5.73. The van der Waals surface area contributed by atoms with Crippen molar-refractivity contribution in [3.05, 3.63) is 0 Å². The Labute approximate surface area is 201 Å². The minimum absolute atomic E-state index is 0.0896. The second-order valence-electron chi connectivity index (χ2n) is 5.81. The van der Waals surface area contributed by atoms with Crippen LogP contribution in [0.2, 0.25) is 0 Å². The van der Waals surface area contributed by atoms with Crippen LogP contribution >= 0.6 is 0 Å². The number of carboxylic acids is 5. The van der Waals surface area contributed by atoms with E-state index in [1.807, 2.05) is 6.92 Å². The van der Waals surface area contributed by atoms with Gasteiger partial charge in [-0.25, -0.2) is 0 Å². The lowest BCUT2D eigenvalue weighted by atomic mass is 10.2. The van der Waals surface area contributed by atoms with Gasteiger partial charge in [-0.1, -0.05) is 6.92 Å². The van der Waals surface area contributed by atoms with Crippen molar-refractivity contribution in [1.82, 2.24) is 5.32 Å². The van der Waals surface area contributed by atoms with Crippen LogP contribution < -0.4 is 28.3 Å². The van der Waals surface area contributed by atoms with E-state index in [0.29, 0.717) is 6.54 Å². The van der Waals surface area contributed by atoms with Crippen molar-refractivity contribution in [2.24, 2.45) is 22.9 Å². The molecule has 0 aromatic carbocycles. The first kappa shape index (κ1) is 42.2. The quantitative estimate of drug-likeness (QED) is 0.114. The highest BCUT2D eigenvalue weighted by Gasteiger charge is 2.14. The minimum atomic E-state index is -1.18. The predicted octanol–water partition coefficient (Wildman–Crippen LogP) is -5.34. The van der Waals surface area contributed by atoms with E-state index >= 15 is 0 Å². The van der Waals surface area contributed by atoms with Gasteiger partial charge in [0, 0.05) is 6.61 Å². The zero-order chi connectivity index (χ0) is 29.0. The number of hydrogen-bond donors (Lipinski definition) is 13. The Morgan fingerprint density at radius 2 is 1.03 bits per heavy atom. The molecule has 0 radical (unpaired) electrons. The second kappa shape index (κ2) is 31.0. The van der Waals surface area contributed by atoms with Crippen LogP contribution in [-0.4, -0.2) is 128 Å². The second-order valence-corrected chi connectivity index (χ2v) is 5.81. The van der Waals surface area contributed by atoms with Gasteiger partial charge < -0.3 is 69.1 Å². The summed E-state index contributed by atoms with van der Waals surface area (Å²) in [6.07, 6.45) is 1.17. The Kier molecular flexibility index (Phi) is 37.4. The van der Waals surface area contributed by atoms with Gasteiger partial charge in [-0.05, 0) is 19.4 Å². The zero-order valence-electron chi connectivity index (χ0n) is 19.3. The van der Waals surface area contributed by atoms with E-state index in [0.717, 1.165) is 6.42 Å². The van der Waals surface area contributed by atoms with Crippen LogP contribution in [0.5, 0.6) is 0 Å². The number of aliphatic carboxylic acids is 5. The zero-order valence-corrected chi connectivity index (χ0v) is 19.3. The Balaban J connectivity index is -0.000000111. The maximum Gasteiger partial charge on any atom is 0.322 e. The standard InChI is InChI=1S/C7H15NO3.2C3H7NO3.2C2H5NO2/c1-2-4-8-6(3-5-9)7(10)11;2*4-2(1-5)3(6)7;2*3-1-2(4)5/h6,8-9H,2-5H2,1H3,(H,10,11);2*2,5H,1,4H2,(H,6,7);2*1,3H2,(H,4,5). The summed E-state index contributed by atoms with van der Waals surface area (Å²) in [6, 6.07) is -2.85. The third-order valence-corrected chi connectivity index (χ3v) is 2.73. The Bertz CT molecular complexity index is 532. The molecule has 0 rings (SSSR count). The number of rotatable bonds is 12. The van der Waals surface area contributed by atoms with Crippen molar-refractivity contribution < 1.29 is 64.8 Å². The van der Waals surface area contributed by atoms with Gasteiger partial charge in [0.15, 0.2) is 0 Å². The fraction of sp³-hybridized carbons (Fsp3) is 0.706. The summed E-state index contributed by atoms with van der Waals surface area (Å²) in [5, 5.41) is 66.8. The van der Waals surface area contributed by atoms with E-state index in [1.54, 1.807) is 0 Å². The Hall–Kier alpha value is -2.97. The molecule has 18 nitrogen and oxygen atoms in total. The topological polar surface area (TPSA) is 363 Å². The van der Waals surface area contributed by atoms with Gasteiger partial charge in [0.2, 0.25) is 0 Å². The number of nitrogens with two attached hydrogens (primary N) is 4. The average molecular weight is 522 g/mol. The van der Waals surface area contributed by atoms with Crippen molar-refractivity contribution in [1.29, 1.82) is 0 Å². The molecular formula is C17H39N5O13. The van der Waals surface area contributed by atoms with Crippen LogP contribution in [0.3, 0.4) is 0 Å². The molecule has 0 aromatic heterocycles. The molecule has 0 heterocycles. The van der Waals surface area contributed by atoms with Crippen molar-refractivity contribution in [2.45, 2.75) is 37.9 Å². The summed E-state index contributed by atoms with van der Waals surface area (Å²) in [4.78, 5) is 48.2. The normalized spacial score (nSPS) is 11.5. The predicted molar refractivity (Wildman–Crippen MR) is 120 cm³/mol. The molecule has 0 aromatic rings. The molecule has 18 heteroatoms. The van der Waals surface area contributed by atoms with Crippen LogP contribution in [0.15, 0.2) is 0 Å². The van der Waals surface area contributed by atoms with Crippen molar-refractivity contribution in [3.8, 4) is 0 Å². The number of nitrogens with one attached hydrogen (secondary N) is 1. The summed E-state index contributed by atoms with van der Waals surface area (Å²) >= 11 is 0. The van der Waals surface area contributed by atoms with E-state index in [1.165, 1.54) is 0 Å². The lowest BCUT2D eigenvalue weighted by molar-refractivity contribution is -0.140. The van der Waals surface area contributed by atoms with Gasteiger partial charge in [0.05, 0.1) is 26.3 Å². The largest absolute Gasteiger partial charge is 0.480 e. The maximum atomic E-state index is 10.4.